The second-order valence-electron chi connectivity index (χ2n) is 11.6. The van der Waals surface area contributed by atoms with Gasteiger partial charge in [-0.1, -0.05) is 27.2 Å². The van der Waals surface area contributed by atoms with Gasteiger partial charge in [0, 0.05) is 64.0 Å². The van der Waals surface area contributed by atoms with E-state index in [0.717, 1.165) is 11.3 Å². The molecule has 268 valence electrons. The van der Waals surface area contributed by atoms with Gasteiger partial charge in [-0.25, -0.2) is 0 Å². The zero-order valence-corrected chi connectivity index (χ0v) is 27.8. The molecule has 16 heteroatoms. The highest BCUT2D eigenvalue weighted by molar-refractivity contribution is 6.13. The lowest BCUT2D eigenvalue weighted by molar-refractivity contribution is -0.187. The number of aliphatic hydroxyl groups is 2. The maximum Gasteiger partial charge on any atom is 0.305 e. The van der Waals surface area contributed by atoms with Crippen LogP contribution in [0.5, 0.6) is 0 Å². The summed E-state index contributed by atoms with van der Waals surface area (Å²) in [5.74, 6) is -2.27. The molecule has 0 bridgehead atoms. The summed E-state index contributed by atoms with van der Waals surface area (Å²) in [4.78, 5) is 71.4. The first-order chi connectivity index (χ1) is 22.4. The summed E-state index contributed by atoms with van der Waals surface area (Å²) in [6, 6.07) is 0. The molecule has 0 saturated carbocycles. The fourth-order valence-electron chi connectivity index (χ4n) is 4.09. The first kappa shape index (κ1) is 41.6. The van der Waals surface area contributed by atoms with Gasteiger partial charge in [-0.3, -0.25) is 33.7 Å². The molecule has 16 nitrogen and oxygen atoms in total. The number of esters is 1. The van der Waals surface area contributed by atoms with Gasteiger partial charge in [0.15, 0.2) is 6.29 Å². The normalized spacial score (nSPS) is 14.2. The van der Waals surface area contributed by atoms with Gasteiger partial charge in [-0.2, -0.15) is 0 Å². The molecular formula is C31H52N4O12. The molecule has 2 atom stereocenters. The Balaban J connectivity index is 1.95. The monoisotopic (exact) mass is 672 g/mol. The summed E-state index contributed by atoms with van der Waals surface area (Å²) in [6.45, 7) is 7.13. The Labute approximate surface area is 275 Å². The number of carbonyl (C=O) groups is 6. The number of rotatable bonds is 27. The summed E-state index contributed by atoms with van der Waals surface area (Å²) < 4.78 is 21.1. The van der Waals surface area contributed by atoms with Crippen LogP contribution in [0.1, 0.15) is 65.7 Å². The van der Waals surface area contributed by atoms with Crippen molar-refractivity contribution in [3.63, 3.8) is 0 Å². The lowest BCUT2D eigenvalue weighted by Crippen LogP contribution is -2.35. The van der Waals surface area contributed by atoms with Gasteiger partial charge in [0.1, 0.15) is 6.61 Å². The van der Waals surface area contributed by atoms with E-state index < -0.39 is 30.2 Å². The summed E-state index contributed by atoms with van der Waals surface area (Å²) in [5, 5.41) is 27.4. The highest BCUT2D eigenvalue weighted by Gasteiger charge is 2.25. The van der Waals surface area contributed by atoms with Crippen molar-refractivity contribution in [3.05, 3.63) is 12.2 Å². The van der Waals surface area contributed by atoms with Crippen LogP contribution >= 0.6 is 0 Å². The topological polar surface area (TPSA) is 219 Å². The maximum atomic E-state index is 12.0. The minimum Gasteiger partial charge on any atom is -0.460 e. The summed E-state index contributed by atoms with van der Waals surface area (Å²) in [5.41, 5.74) is -0.0709. The minimum atomic E-state index is -1.36. The third-order valence-corrected chi connectivity index (χ3v) is 7.11. The second kappa shape index (κ2) is 23.8. The number of amides is 5. The molecule has 47 heavy (non-hydrogen) atoms. The Kier molecular flexibility index (Phi) is 21.1. The van der Waals surface area contributed by atoms with E-state index in [0.29, 0.717) is 6.42 Å². The van der Waals surface area contributed by atoms with Crippen LogP contribution in [0.25, 0.3) is 0 Å². The summed E-state index contributed by atoms with van der Waals surface area (Å²) in [7, 11) is 0. The number of hydrogen-bond acceptors (Lipinski definition) is 12. The van der Waals surface area contributed by atoms with E-state index >= 15 is 0 Å². The highest BCUT2D eigenvalue weighted by Crippen LogP contribution is 2.27. The predicted molar refractivity (Wildman–Crippen MR) is 167 cm³/mol. The molecule has 0 aromatic heterocycles. The van der Waals surface area contributed by atoms with Gasteiger partial charge < -0.3 is 45.1 Å². The Morgan fingerprint density at radius 3 is 2.02 bits per heavy atom. The average molecular weight is 673 g/mol. The van der Waals surface area contributed by atoms with Crippen LogP contribution in [0.15, 0.2) is 12.2 Å². The molecule has 1 rings (SSSR count). The van der Waals surface area contributed by atoms with Crippen molar-refractivity contribution in [1.29, 1.82) is 0 Å². The first-order valence-electron chi connectivity index (χ1n) is 16.0. The lowest BCUT2D eigenvalue weighted by Gasteiger charge is -2.29. The highest BCUT2D eigenvalue weighted by atomic mass is 16.6. The number of aliphatic hydroxyl groups excluding tert-OH is 2. The number of nitrogens with one attached hydrogen (secondary N) is 3. The summed E-state index contributed by atoms with van der Waals surface area (Å²) in [6.07, 6.45) is 2.26. The van der Waals surface area contributed by atoms with E-state index in [2.05, 4.69) is 16.0 Å². The van der Waals surface area contributed by atoms with Crippen molar-refractivity contribution in [3.8, 4) is 0 Å². The number of hydrogen-bond donors (Lipinski definition) is 5. The van der Waals surface area contributed by atoms with Gasteiger partial charge in [0.25, 0.3) is 11.8 Å². The van der Waals surface area contributed by atoms with Crippen molar-refractivity contribution in [2.75, 3.05) is 65.8 Å². The third-order valence-electron chi connectivity index (χ3n) is 7.11. The van der Waals surface area contributed by atoms with Crippen LogP contribution in [0, 0.1) is 5.41 Å². The molecule has 0 spiro atoms. The number of nitrogens with zero attached hydrogens (tertiary/aromatic N) is 1. The van der Waals surface area contributed by atoms with Crippen molar-refractivity contribution in [2.45, 2.75) is 78.1 Å². The van der Waals surface area contributed by atoms with Crippen molar-refractivity contribution >= 4 is 35.5 Å². The largest absolute Gasteiger partial charge is 0.460 e. The molecule has 0 saturated heterocycles. The predicted octanol–water partition coefficient (Wildman–Crippen LogP) is -0.691. The average Bonchev–Trinajstić information content (AvgIpc) is 3.35. The van der Waals surface area contributed by atoms with E-state index in [1.165, 1.54) is 12.2 Å². The Morgan fingerprint density at radius 1 is 0.830 bits per heavy atom. The molecule has 0 aromatic carbocycles. The molecule has 1 aliphatic rings. The molecule has 5 amide bonds. The lowest BCUT2D eigenvalue weighted by atomic mass is 9.84. The number of ether oxygens (including phenoxy) is 4. The fourth-order valence-corrected chi connectivity index (χ4v) is 4.09. The Bertz CT molecular complexity index is 1020. The van der Waals surface area contributed by atoms with E-state index in [4.69, 9.17) is 18.9 Å². The standard InChI is InChI=1S/C31H52N4O12/c1-4-31(2,3)20-23(21-36)47-30(43)22-46-29(42)7-5-6-24(37)32-12-13-33-26(39)11-16-44-18-19-45-17-14-34-25(38)10-15-35-27(40)8-9-28(35)41/h8-9,23,30,36,43H,4-7,10-22H2,1-3H3,(H,32,37)(H,33,39)(H,34,38). The smallest absolute Gasteiger partial charge is 0.305 e. The number of carbonyl (C=O) groups excluding carboxylic acids is 6. The van der Waals surface area contributed by atoms with E-state index in [-0.39, 0.29) is 121 Å². The van der Waals surface area contributed by atoms with Crippen LogP contribution in [0.3, 0.4) is 0 Å². The van der Waals surface area contributed by atoms with Gasteiger partial charge >= 0.3 is 5.97 Å². The SMILES string of the molecule is CCC(C)(C)CC(CO)OC(O)COC(=O)CCCC(=O)NCCNC(=O)CCOCCOCCNC(=O)CCN1C(=O)C=CC1=O. The van der Waals surface area contributed by atoms with E-state index in [1.807, 2.05) is 20.8 Å². The first-order valence-corrected chi connectivity index (χ1v) is 16.0. The second-order valence-corrected chi connectivity index (χ2v) is 11.6. The molecule has 0 fully saturated rings. The quantitative estimate of drug-likeness (QED) is 0.0317. The van der Waals surface area contributed by atoms with Crippen LogP contribution in [0.2, 0.25) is 0 Å². The zero-order valence-electron chi connectivity index (χ0n) is 27.8. The van der Waals surface area contributed by atoms with Crippen LogP contribution < -0.4 is 16.0 Å². The number of imide groups is 1. The molecule has 1 heterocycles. The zero-order chi connectivity index (χ0) is 35.1. The van der Waals surface area contributed by atoms with Gasteiger partial charge in [0.2, 0.25) is 17.7 Å². The van der Waals surface area contributed by atoms with Gasteiger partial charge in [-0.05, 0) is 18.3 Å². The molecule has 0 aliphatic carbocycles. The molecule has 2 unspecified atom stereocenters. The van der Waals surface area contributed by atoms with Crippen molar-refractivity contribution < 1.29 is 57.9 Å². The van der Waals surface area contributed by atoms with E-state index in [9.17, 15) is 39.0 Å². The Morgan fingerprint density at radius 2 is 1.40 bits per heavy atom. The molecular weight excluding hydrogens is 620 g/mol. The van der Waals surface area contributed by atoms with Crippen molar-refractivity contribution in [1.82, 2.24) is 20.9 Å². The van der Waals surface area contributed by atoms with E-state index in [1.54, 1.807) is 0 Å². The molecule has 0 radical (unpaired) electrons. The molecule has 1 aliphatic heterocycles. The fraction of sp³-hybridized carbons (Fsp3) is 0.742. The Hall–Kier alpha value is -3.44. The van der Waals surface area contributed by atoms with Crippen LogP contribution in [0.4, 0.5) is 0 Å². The van der Waals surface area contributed by atoms with Crippen LogP contribution in [-0.4, -0.2) is 129 Å². The third kappa shape index (κ3) is 20.4. The van der Waals surface area contributed by atoms with Gasteiger partial charge in [-0.15, -0.1) is 0 Å². The van der Waals surface area contributed by atoms with Crippen molar-refractivity contribution in [2.24, 2.45) is 5.41 Å². The minimum absolute atomic E-state index is 0.00549. The molecule has 0 aromatic rings. The van der Waals surface area contributed by atoms with Crippen LogP contribution in [-0.2, 0) is 47.7 Å². The maximum absolute atomic E-state index is 12.0. The molecule has 5 N–H and O–H groups in total. The van der Waals surface area contributed by atoms with Gasteiger partial charge in [0.05, 0.1) is 39.1 Å². The summed E-state index contributed by atoms with van der Waals surface area (Å²) >= 11 is 0.